The smallest absolute Gasteiger partial charge is 0.295 e. The van der Waals surface area contributed by atoms with E-state index in [0.717, 1.165) is 30.8 Å². The number of anilines is 1. The molecular weight excluding hydrogens is 400 g/mol. The molecule has 0 saturated carbocycles. The Kier molecular flexibility index (Phi) is 5.78. The number of ether oxygens (including phenoxy) is 1. The first-order chi connectivity index (χ1) is 15.1. The van der Waals surface area contributed by atoms with Gasteiger partial charge in [-0.15, -0.1) is 0 Å². The third-order valence-corrected chi connectivity index (χ3v) is 5.28. The van der Waals surface area contributed by atoms with Crippen molar-refractivity contribution in [2.45, 2.75) is 18.9 Å². The van der Waals surface area contributed by atoms with Crippen molar-refractivity contribution in [1.29, 1.82) is 0 Å². The molecule has 10 nitrogen and oxygen atoms in total. The molecule has 1 atom stereocenters. The molecule has 0 bridgehead atoms. The van der Waals surface area contributed by atoms with Gasteiger partial charge in [0.1, 0.15) is 24.1 Å². The van der Waals surface area contributed by atoms with Crippen molar-refractivity contribution in [3.05, 3.63) is 70.8 Å². The molecule has 1 aliphatic heterocycles. The Labute approximate surface area is 178 Å². The molecular formula is C21H22N6O4. The lowest BCUT2D eigenvalue weighted by Gasteiger charge is -2.35. The maximum atomic E-state index is 12.8. The van der Waals surface area contributed by atoms with Crippen molar-refractivity contribution < 1.29 is 14.5 Å². The lowest BCUT2D eigenvalue weighted by atomic mass is 10.0. The number of benzene rings is 2. The zero-order valence-corrected chi connectivity index (χ0v) is 17.0. The average Bonchev–Trinajstić information content (AvgIpc) is 3.33. The molecule has 1 saturated heterocycles. The number of nitro groups is 1. The summed E-state index contributed by atoms with van der Waals surface area (Å²) in [5.41, 5.74) is 1.25. The zero-order valence-electron chi connectivity index (χ0n) is 17.0. The maximum absolute atomic E-state index is 12.8. The fourth-order valence-electron chi connectivity index (χ4n) is 3.81. The number of rotatable bonds is 6. The molecule has 3 aromatic rings. The van der Waals surface area contributed by atoms with Gasteiger partial charge in [0, 0.05) is 30.8 Å². The number of nitro benzene ring substituents is 1. The standard InChI is InChI=1S/C21H22N6O4/c1-31-20-7-3-2-6-18(20)25-10-4-5-16(12-25)24-21(28)15-8-9-17(19(11-15)27(29)30)26-14-22-13-23-26/h2-3,6-9,11,13-14,16H,4-5,10,12H2,1H3,(H,24,28). The number of para-hydroxylation sites is 2. The molecule has 1 aromatic heterocycles. The summed E-state index contributed by atoms with van der Waals surface area (Å²) >= 11 is 0. The van der Waals surface area contributed by atoms with Crippen molar-refractivity contribution >= 4 is 17.3 Å². The summed E-state index contributed by atoms with van der Waals surface area (Å²) in [6.07, 6.45) is 4.41. The minimum Gasteiger partial charge on any atom is -0.495 e. The summed E-state index contributed by atoms with van der Waals surface area (Å²) in [6.45, 7) is 1.50. The van der Waals surface area contributed by atoms with Crippen LogP contribution in [0.1, 0.15) is 23.2 Å². The molecule has 1 aliphatic rings. The van der Waals surface area contributed by atoms with E-state index in [1.807, 2.05) is 24.3 Å². The highest BCUT2D eigenvalue weighted by Crippen LogP contribution is 2.30. The van der Waals surface area contributed by atoms with E-state index in [1.165, 1.54) is 29.5 Å². The van der Waals surface area contributed by atoms with Gasteiger partial charge in [-0.1, -0.05) is 12.1 Å². The third-order valence-electron chi connectivity index (χ3n) is 5.28. The van der Waals surface area contributed by atoms with Gasteiger partial charge in [0.25, 0.3) is 11.6 Å². The van der Waals surface area contributed by atoms with E-state index in [1.54, 1.807) is 13.2 Å². The highest BCUT2D eigenvalue weighted by atomic mass is 16.6. The van der Waals surface area contributed by atoms with Crippen LogP contribution in [0.5, 0.6) is 5.75 Å². The Morgan fingerprint density at radius 1 is 1.26 bits per heavy atom. The predicted molar refractivity (Wildman–Crippen MR) is 114 cm³/mol. The number of amides is 1. The molecule has 31 heavy (non-hydrogen) atoms. The van der Waals surface area contributed by atoms with Gasteiger partial charge in [-0.05, 0) is 37.1 Å². The van der Waals surface area contributed by atoms with Crippen LogP contribution < -0.4 is 15.0 Å². The summed E-state index contributed by atoms with van der Waals surface area (Å²) in [5, 5.41) is 18.5. The van der Waals surface area contributed by atoms with Crippen molar-refractivity contribution in [2.75, 3.05) is 25.1 Å². The maximum Gasteiger partial charge on any atom is 0.295 e. The minimum absolute atomic E-state index is 0.0831. The van der Waals surface area contributed by atoms with Gasteiger partial charge < -0.3 is 15.0 Å². The first kappa shape index (κ1) is 20.3. The van der Waals surface area contributed by atoms with Crippen LogP contribution in [-0.2, 0) is 0 Å². The van der Waals surface area contributed by atoms with Crippen LogP contribution in [0.15, 0.2) is 55.1 Å². The third kappa shape index (κ3) is 4.32. The summed E-state index contributed by atoms with van der Waals surface area (Å²) < 4.78 is 6.75. The SMILES string of the molecule is COc1ccccc1N1CCCC(NC(=O)c2ccc(-n3cncn3)c([N+](=O)[O-])c2)C1. The zero-order chi connectivity index (χ0) is 21.8. The first-order valence-corrected chi connectivity index (χ1v) is 9.89. The Balaban J connectivity index is 1.50. The number of hydrogen-bond acceptors (Lipinski definition) is 7. The molecule has 0 radical (unpaired) electrons. The molecule has 4 rings (SSSR count). The summed E-state index contributed by atoms with van der Waals surface area (Å²) in [6, 6.07) is 12.0. The van der Waals surface area contributed by atoms with E-state index >= 15 is 0 Å². The molecule has 1 N–H and O–H groups in total. The molecule has 0 aliphatic carbocycles. The van der Waals surface area contributed by atoms with Crippen LogP contribution in [-0.4, -0.2) is 51.8 Å². The minimum atomic E-state index is -0.530. The quantitative estimate of drug-likeness (QED) is 0.479. The van der Waals surface area contributed by atoms with Crippen LogP contribution in [0.25, 0.3) is 5.69 Å². The predicted octanol–water partition coefficient (Wildman–Crippen LogP) is 2.58. The van der Waals surface area contributed by atoms with E-state index in [4.69, 9.17) is 4.74 Å². The second-order valence-corrected chi connectivity index (χ2v) is 7.23. The van der Waals surface area contributed by atoms with Gasteiger partial charge in [0.05, 0.1) is 17.7 Å². The van der Waals surface area contributed by atoms with E-state index < -0.39 is 4.92 Å². The number of carbonyl (C=O) groups is 1. The number of nitrogens with zero attached hydrogens (tertiary/aromatic N) is 5. The van der Waals surface area contributed by atoms with Crippen LogP contribution in [0.2, 0.25) is 0 Å². The summed E-state index contributed by atoms with van der Waals surface area (Å²) in [7, 11) is 1.64. The van der Waals surface area contributed by atoms with E-state index in [2.05, 4.69) is 20.3 Å². The molecule has 1 amide bonds. The molecule has 10 heteroatoms. The summed E-state index contributed by atoms with van der Waals surface area (Å²) in [4.78, 5) is 29.8. The summed E-state index contributed by atoms with van der Waals surface area (Å²) in [5.74, 6) is 0.439. The van der Waals surface area contributed by atoms with Gasteiger partial charge in [0.2, 0.25) is 0 Å². The molecule has 2 aromatic carbocycles. The molecule has 160 valence electrons. The lowest BCUT2D eigenvalue weighted by Crippen LogP contribution is -2.47. The molecule has 0 spiro atoms. The number of methoxy groups -OCH3 is 1. The number of hydrogen-bond donors (Lipinski definition) is 1. The topological polar surface area (TPSA) is 115 Å². The second-order valence-electron chi connectivity index (χ2n) is 7.23. The van der Waals surface area contributed by atoms with Crippen molar-refractivity contribution in [2.24, 2.45) is 0 Å². The van der Waals surface area contributed by atoms with E-state index in [0.29, 0.717) is 6.54 Å². The molecule has 1 fully saturated rings. The molecule has 1 unspecified atom stereocenters. The van der Waals surface area contributed by atoms with Gasteiger partial charge in [0.15, 0.2) is 0 Å². The number of carbonyl (C=O) groups excluding carboxylic acids is 1. The van der Waals surface area contributed by atoms with E-state index in [-0.39, 0.29) is 28.9 Å². The van der Waals surface area contributed by atoms with Crippen LogP contribution in [0.4, 0.5) is 11.4 Å². The Bertz CT molecular complexity index is 1090. The van der Waals surface area contributed by atoms with Crippen molar-refractivity contribution in [3.8, 4) is 11.4 Å². The average molecular weight is 422 g/mol. The van der Waals surface area contributed by atoms with Gasteiger partial charge in [-0.2, -0.15) is 5.10 Å². The highest BCUT2D eigenvalue weighted by Gasteiger charge is 2.25. The molecule has 2 heterocycles. The van der Waals surface area contributed by atoms with Gasteiger partial charge in [-0.3, -0.25) is 14.9 Å². The van der Waals surface area contributed by atoms with Crippen LogP contribution in [0.3, 0.4) is 0 Å². The largest absolute Gasteiger partial charge is 0.495 e. The number of nitrogens with one attached hydrogen (secondary N) is 1. The monoisotopic (exact) mass is 422 g/mol. The van der Waals surface area contributed by atoms with Gasteiger partial charge in [-0.25, -0.2) is 9.67 Å². The fraction of sp³-hybridized carbons (Fsp3) is 0.286. The number of aromatic nitrogens is 3. The highest BCUT2D eigenvalue weighted by molar-refractivity contribution is 5.95. The van der Waals surface area contributed by atoms with Crippen LogP contribution >= 0.6 is 0 Å². The lowest BCUT2D eigenvalue weighted by molar-refractivity contribution is -0.384. The first-order valence-electron chi connectivity index (χ1n) is 9.89. The Morgan fingerprint density at radius 2 is 2.10 bits per heavy atom. The Morgan fingerprint density at radius 3 is 2.84 bits per heavy atom. The fourth-order valence-corrected chi connectivity index (χ4v) is 3.81. The Hall–Kier alpha value is -3.95. The second kappa shape index (κ2) is 8.82. The van der Waals surface area contributed by atoms with Crippen molar-refractivity contribution in [1.82, 2.24) is 20.1 Å². The van der Waals surface area contributed by atoms with E-state index in [9.17, 15) is 14.9 Å². The van der Waals surface area contributed by atoms with Crippen molar-refractivity contribution in [3.63, 3.8) is 0 Å². The van der Waals surface area contributed by atoms with Gasteiger partial charge >= 0.3 is 0 Å². The van der Waals surface area contributed by atoms with Crippen LogP contribution in [0, 0.1) is 10.1 Å². The number of piperidine rings is 1. The normalized spacial score (nSPS) is 16.0.